The third-order valence-electron chi connectivity index (χ3n) is 1.59. The summed E-state index contributed by atoms with van der Waals surface area (Å²) in [6, 6.07) is 7.40. The van der Waals surface area contributed by atoms with E-state index in [4.69, 9.17) is 5.26 Å². The van der Waals surface area contributed by atoms with E-state index in [9.17, 15) is 9.18 Å². The minimum absolute atomic E-state index is 0.0743. The van der Waals surface area contributed by atoms with Crippen molar-refractivity contribution < 1.29 is 13.9 Å². The van der Waals surface area contributed by atoms with Gasteiger partial charge in [-0.3, -0.25) is 4.79 Å². The summed E-state index contributed by atoms with van der Waals surface area (Å²) in [6.07, 6.45) is -1.17. The molecule has 4 heteroatoms. The Bertz CT molecular complexity index is 384. The second kappa shape index (κ2) is 4.38. The molecule has 0 aliphatic heterocycles. The molecule has 0 unspecified atom stereocenters. The first-order valence-corrected chi connectivity index (χ1v) is 3.96. The summed E-state index contributed by atoms with van der Waals surface area (Å²) >= 11 is 0. The van der Waals surface area contributed by atoms with Crippen LogP contribution in [-0.4, -0.2) is 5.97 Å². The first kappa shape index (κ1) is 10.2. The zero-order chi connectivity index (χ0) is 10.6. The average molecular weight is 193 g/mol. The molecule has 0 saturated heterocycles. The van der Waals surface area contributed by atoms with Crippen LogP contribution in [0.25, 0.3) is 0 Å². The van der Waals surface area contributed by atoms with Crippen molar-refractivity contribution in [2.45, 2.75) is 13.0 Å². The molecule has 0 aromatic heterocycles. The Labute approximate surface area is 80.7 Å². The van der Waals surface area contributed by atoms with Gasteiger partial charge in [0.2, 0.25) is 6.10 Å². The van der Waals surface area contributed by atoms with E-state index >= 15 is 0 Å². The number of rotatable bonds is 2. The van der Waals surface area contributed by atoms with E-state index in [2.05, 4.69) is 4.74 Å². The number of carbonyl (C=O) groups is 1. The summed E-state index contributed by atoms with van der Waals surface area (Å²) < 4.78 is 17.8. The summed E-state index contributed by atoms with van der Waals surface area (Å²) in [6.45, 7) is 1.17. The molecule has 0 aliphatic rings. The van der Waals surface area contributed by atoms with Gasteiger partial charge < -0.3 is 4.74 Å². The van der Waals surface area contributed by atoms with E-state index < -0.39 is 17.9 Å². The Morgan fingerprint density at radius 1 is 1.57 bits per heavy atom. The van der Waals surface area contributed by atoms with Crippen molar-refractivity contribution in [2.24, 2.45) is 0 Å². The summed E-state index contributed by atoms with van der Waals surface area (Å²) in [7, 11) is 0. The van der Waals surface area contributed by atoms with E-state index in [1.54, 1.807) is 12.1 Å². The van der Waals surface area contributed by atoms with E-state index in [1.807, 2.05) is 0 Å². The lowest BCUT2D eigenvalue weighted by Gasteiger charge is -2.09. The highest BCUT2D eigenvalue weighted by Gasteiger charge is 2.16. The van der Waals surface area contributed by atoms with Crippen molar-refractivity contribution in [1.29, 1.82) is 5.26 Å². The largest absolute Gasteiger partial charge is 0.442 e. The maximum atomic E-state index is 13.1. The van der Waals surface area contributed by atoms with Gasteiger partial charge in [-0.2, -0.15) is 5.26 Å². The van der Waals surface area contributed by atoms with E-state index in [1.165, 1.54) is 25.1 Å². The van der Waals surface area contributed by atoms with E-state index in [0.717, 1.165) is 0 Å². The van der Waals surface area contributed by atoms with Crippen molar-refractivity contribution in [2.75, 3.05) is 0 Å². The number of esters is 1. The molecule has 0 radical (unpaired) electrons. The van der Waals surface area contributed by atoms with Gasteiger partial charge in [0.15, 0.2) is 0 Å². The molecule has 14 heavy (non-hydrogen) atoms. The Kier molecular flexibility index (Phi) is 3.19. The molecule has 0 spiro atoms. The third kappa shape index (κ3) is 2.30. The second-order valence-electron chi connectivity index (χ2n) is 2.64. The fourth-order valence-corrected chi connectivity index (χ4v) is 1.01. The molecule has 1 aromatic carbocycles. The lowest BCUT2D eigenvalue weighted by molar-refractivity contribution is -0.144. The van der Waals surface area contributed by atoms with Crippen LogP contribution < -0.4 is 0 Å². The van der Waals surface area contributed by atoms with Gasteiger partial charge in [0.25, 0.3) is 0 Å². The molecule has 0 aliphatic carbocycles. The van der Waals surface area contributed by atoms with Gasteiger partial charge in [-0.25, -0.2) is 4.39 Å². The highest BCUT2D eigenvalue weighted by molar-refractivity contribution is 5.66. The molecule has 1 atom stereocenters. The van der Waals surface area contributed by atoms with Crippen LogP contribution in [0.4, 0.5) is 4.39 Å². The number of benzene rings is 1. The molecule has 0 saturated carbocycles. The highest BCUT2D eigenvalue weighted by atomic mass is 19.1. The van der Waals surface area contributed by atoms with Crippen LogP contribution in [0.5, 0.6) is 0 Å². The van der Waals surface area contributed by atoms with Crippen LogP contribution in [0.1, 0.15) is 18.6 Å². The number of hydrogen-bond acceptors (Lipinski definition) is 3. The standard InChI is InChI=1S/C10H8FNO2/c1-7(13)14-10(6-12)8-4-2-3-5-9(8)11/h2-5,10H,1H3/t10-/m0/s1. The number of carbonyl (C=O) groups excluding carboxylic acids is 1. The van der Waals surface area contributed by atoms with Crippen LogP contribution in [-0.2, 0) is 9.53 Å². The topological polar surface area (TPSA) is 50.1 Å². The molecule has 1 rings (SSSR count). The van der Waals surface area contributed by atoms with Gasteiger partial charge in [0.1, 0.15) is 11.9 Å². The second-order valence-corrected chi connectivity index (χ2v) is 2.64. The number of hydrogen-bond donors (Lipinski definition) is 0. The number of halogens is 1. The lowest BCUT2D eigenvalue weighted by atomic mass is 10.1. The van der Waals surface area contributed by atoms with Crippen molar-refractivity contribution in [3.63, 3.8) is 0 Å². The normalized spacial score (nSPS) is 11.5. The van der Waals surface area contributed by atoms with Gasteiger partial charge in [-0.05, 0) is 6.07 Å². The van der Waals surface area contributed by atoms with Crippen molar-refractivity contribution in [3.8, 4) is 6.07 Å². The summed E-state index contributed by atoms with van der Waals surface area (Å²) in [5.41, 5.74) is 0.0743. The zero-order valence-corrected chi connectivity index (χ0v) is 7.53. The number of nitrogens with zero attached hydrogens (tertiary/aromatic N) is 1. The summed E-state index contributed by atoms with van der Waals surface area (Å²) in [5.74, 6) is -1.17. The van der Waals surface area contributed by atoms with Crippen LogP contribution in [0.3, 0.4) is 0 Å². The molecular formula is C10H8FNO2. The van der Waals surface area contributed by atoms with Crippen molar-refractivity contribution >= 4 is 5.97 Å². The average Bonchev–Trinajstić information content (AvgIpc) is 2.15. The van der Waals surface area contributed by atoms with Crippen LogP contribution in [0.15, 0.2) is 24.3 Å². The minimum Gasteiger partial charge on any atom is -0.442 e. The van der Waals surface area contributed by atoms with Crippen molar-refractivity contribution in [3.05, 3.63) is 35.6 Å². The van der Waals surface area contributed by atoms with Gasteiger partial charge in [0.05, 0.1) is 0 Å². The molecule has 0 bridgehead atoms. The molecule has 72 valence electrons. The quantitative estimate of drug-likeness (QED) is 0.674. The highest BCUT2D eigenvalue weighted by Crippen LogP contribution is 2.19. The molecule has 0 heterocycles. The monoisotopic (exact) mass is 193 g/mol. The lowest BCUT2D eigenvalue weighted by Crippen LogP contribution is -2.07. The van der Waals surface area contributed by atoms with Gasteiger partial charge in [-0.1, -0.05) is 18.2 Å². The Hall–Kier alpha value is -1.89. The van der Waals surface area contributed by atoms with Gasteiger partial charge >= 0.3 is 5.97 Å². The maximum absolute atomic E-state index is 13.1. The summed E-state index contributed by atoms with van der Waals surface area (Å²) in [5, 5.41) is 8.66. The molecule has 0 amide bonds. The minimum atomic E-state index is -1.17. The predicted octanol–water partition coefficient (Wildman–Crippen LogP) is 1.95. The predicted molar refractivity (Wildman–Crippen MR) is 46.5 cm³/mol. The smallest absolute Gasteiger partial charge is 0.304 e. The molecule has 1 aromatic rings. The van der Waals surface area contributed by atoms with Crippen LogP contribution >= 0.6 is 0 Å². The summed E-state index contributed by atoms with van der Waals surface area (Å²) in [4.78, 5) is 10.6. The molecule has 3 nitrogen and oxygen atoms in total. The number of ether oxygens (including phenoxy) is 1. The van der Waals surface area contributed by atoms with Crippen molar-refractivity contribution in [1.82, 2.24) is 0 Å². The van der Waals surface area contributed by atoms with Crippen LogP contribution in [0, 0.1) is 17.1 Å². The Morgan fingerprint density at radius 3 is 2.71 bits per heavy atom. The third-order valence-corrected chi connectivity index (χ3v) is 1.59. The molecule has 0 fully saturated rings. The first-order valence-electron chi connectivity index (χ1n) is 3.96. The van der Waals surface area contributed by atoms with E-state index in [-0.39, 0.29) is 5.56 Å². The first-order chi connectivity index (χ1) is 6.65. The van der Waals surface area contributed by atoms with E-state index in [0.29, 0.717) is 0 Å². The van der Waals surface area contributed by atoms with Crippen LogP contribution in [0.2, 0.25) is 0 Å². The Balaban J connectivity index is 2.96. The number of nitriles is 1. The zero-order valence-electron chi connectivity index (χ0n) is 7.53. The SMILES string of the molecule is CC(=O)O[C@@H](C#N)c1ccccc1F. The fourth-order valence-electron chi connectivity index (χ4n) is 1.01. The molecule has 0 N–H and O–H groups in total. The Morgan fingerprint density at radius 2 is 2.21 bits per heavy atom. The fraction of sp³-hybridized carbons (Fsp3) is 0.200. The maximum Gasteiger partial charge on any atom is 0.304 e. The van der Waals surface area contributed by atoms with Gasteiger partial charge in [0, 0.05) is 12.5 Å². The molecular weight excluding hydrogens is 185 g/mol. The van der Waals surface area contributed by atoms with Gasteiger partial charge in [-0.15, -0.1) is 0 Å².